The van der Waals surface area contributed by atoms with Gasteiger partial charge in [0.25, 0.3) is 0 Å². The lowest BCUT2D eigenvalue weighted by molar-refractivity contribution is 0.981. The van der Waals surface area contributed by atoms with E-state index in [0.29, 0.717) is 17.6 Å². The first-order chi connectivity index (χ1) is 11.9. The molecule has 0 saturated heterocycles. The van der Waals surface area contributed by atoms with Gasteiger partial charge in [-0.15, -0.1) is 0 Å². The number of nitrogens with zero attached hydrogens (tertiary/aromatic N) is 6. The van der Waals surface area contributed by atoms with Crippen LogP contribution in [-0.4, -0.2) is 29.5 Å². The van der Waals surface area contributed by atoms with Gasteiger partial charge < -0.3 is 5.32 Å². The Bertz CT molecular complexity index is 935. The van der Waals surface area contributed by atoms with Crippen LogP contribution >= 0.6 is 0 Å². The van der Waals surface area contributed by atoms with E-state index in [2.05, 4.69) is 30.2 Å². The minimum Gasteiger partial charge on any atom is -0.307 e. The standard InChI is InChI=1S/C17H13N7/c1-2-4-13(5-3-1)16-20-10-11-24(16)15-6-7-21-17(23-15)22-14-12-18-8-9-19-14/h1-12H,(H,19,21,22,23). The molecule has 0 fully saturated rings. The summed E-state index contributed by atoms with van der Waals surface area (Å²) in [5.41, 5.74) is 1.02. The number of hydrogen-bond acceptors (Lipinski definition) is 6. The molecule has 0 radical (unpaired) electrons. The maximum atomic E-state index is 4.53. The summed E-state index contributed by atoms with van der Waals surface area (Å²) < 4.78 is 1.92. The van der Waals surface area contributed by atoms with E-state index >= 15 is 0 Å². The first-order valence-electron chi connectivity index (χ1n) is 7.35. The van der Waals surface area contributed by atoms with Crippen LogP contribution in [0.4, 0.5) is 11.8 Å². The Labute approximate surface area is 138 Å². The molecule has 0 spiro atoms. The van der Waals surface area contributed by atoms with Gasteiger partial charge >= 0.3 is 0 Å². The minimum absolute atomic E-state index is 0.445. The number of nitrogens with one attached hydrogen (secondary N) is 1. The van der Waals surface area contributed by atoms with Gasteiger partial charge in [0, 0.05) is 36.5 Å². The molecular formula is C17H13N7. The molecule has 24 heavy (non-hydrogen) atoms. The molecule has 7 heteroatoms. The van der Waals surface area contributed by atoms with Crippen LogP contribution in [0.5, 0.6) is 0 Å². The number of aromatic nitrogens is 6. The van der Waals surface area contributed by atoms with Gasteiger partial charge in [-0.25, -0.2) is 15.0 Å². The molecule has 116 valence electrons. The van der Waals surface area contributed by atoms with E-state index in [0.717, 1.165) is 11.4 Å². The fraction of sp³-hybridized carbons (Fsp3) is 0. The third kappa shape index (κ3) is 2.82. The number of hydrogen-bond donors (Lipinski definition) is 1. The van der Waals surface area contributed by atoms with E-state index in [9.17, 15) is 0 Å². The molecule has 3 aromatic heterocycles. The van der Waals surface area contributed by atoms with E-state index in [4.69, 9.17) is 0 Å². The van der Waals surface area contributed by atoms with Crippen molar-refractivity contribution < 1.29 is 0 Å². The Hall–Kier alpha value is -3.61. The minimum atomic E-state index is 0.445. The highest BCUT2D eigenvalue weighted by atomic mass is 15.2. The van der Waals surface area contributed by atoms with E-state index in [1.54, 1.807) is 31.0 Å². The topological polar surface area (TPSA) is 81.4 Å². The van der Waals surface area contributed by atoms with Crippen LogP contribution in [0.25, 0.3) is 17.2 Å². The third-order valence-corrected chi connectivity index (χ3v) is 3.36. The fourth-order valence-electron chi connectivity index (χ4n) is 2.31. The van der Waals surface area contributed by atoms with Crippen LogP contribution in [0, 0.1) is 0 Å². The number of benzene rings is 1. The average Bonchev–Trinajstić information content (AvgIpc) is 3.13. The third-order valence-electron chi connectivity index (χ3n) is 3.36. The number of imidazole rings is 1. The van der Waals surface area contributed by atoms with Crippen molar-refractivity contribution in [3.05, 3.63) is 73.6 Å². The summed E-state index contributed by atoms with van der Waals surface area (Å²) in [5, 5.41) is 3.04. The molecule has 0 atom stereocenters. The quantitative estimate of drug-likeness (QED) is 0.623. The molecule has 1 N–H and O–H groups in total. The molecule has 0 aliphatic heterocycles. The second-order valence-electron chi connectivity index (χ2n) is 4.94. The lowest BCUT2D eigenvalue weighted by Gasteiger charge is -2.09. The van der Waals surface area contributed by atoms with Crippen molar-refractivity contribution in [3.8, 4) is 17.2 Å². The predicted octanol–water partition coefficient (Wildman–Crippen LogP) is 2.86. The van der Waals surface area contributed by atoms with Crippen LogP contribution in [0.1, 0.15) is 0 Å². The first-order valence-corrected chi connectivity index (χ1v) is 7.35. The van der Waals surface area contributed by atoms with Gasteiger partial charge in [-0.05, 0) is 6.07 Å². The molecule has 4 aromatic rings. The van der Waals surface area contributed by atoms with Crippen molar-refractivity contribution in [2.24, 2.45) is 0 Å². The zero-order chi connectivity index (χ0) is 16.2. The van der Waals surface area contributed by atoms with Crippen molar-refractivity contribution in [2.75, 3.05) is 5.32 Å². The predicted molar refractivity (Wildman–Crippen MR) is 89.9 cm³/mol. The van der Waals surface area contributed by atoms with Crippen LogP contribution in [0.3, 0.4) is 0 Å². The van der Waals surface area contributed by atoms with Crippen molar-refractivity contribution in [2.45, 2.75) is 0 Å². The summed E-state index contributed by atoms with van der Waals surface area (Å²) in [6, 6.07) is 11.8. The second-order valence-corrected chi connectivity index (χ2v) is 4.94. The summed E-state index contributed by atoms with van der Waals surface area (Å²) in [4.78, 5) is 21.4. The highest BCUT2D eigenvalue weighted by Crippen LogP contribution is 2.20. The Morgan fingerprint density at radius 1 is 0.833 bits per heavy atom. The van der Waals surface area contributed by atoms with E-state index < -0.39 is 0 Å². The maximum Gasteiger partial charge on any atom is 0.230 e. The molecule has 1 aromatic carbocycles. The van der Waals surface area contributed by atoms with Crippen LogP contribution < -0.4 is 5.32 Å². The first kappa shape index (κ1) is 14.0. The van der Waals surface area contributed by atoms with Gasteiger partial charge in [0.2, 0.25) is 5.95 Å². The summed E-state index contributed by atoms with van der Waals surface area (Å²) >= 11 is 0. The Morgan fingerprint density at radius 3 is 2.58 bits per heavy atom. The molecule has 0 bridgehead atoms. The van der Waals surface area contributed by atoms with Gasteiger partial charge in [-0.3, -0.25) is 9.55 Å². The maximum absolute atomic E-state index is 4.53. The van der Waals surface area contributed by atoms with Crippen molar-refractivity contribution in [1.29, 1.82) is 0 Å². The smallest absolute Gasteiger partial charge is 0.230 e. The van der Waals surface area contributed by atoms with Crippen LogP contribution in [0.2, 0.25) is 0 Å². The van der Waals surface area contributed by atoms with Crippen molar-refractivity contribution in [3.63, 3.8) is 0 Å². The molecule has 7 nitrogen and oxygen atoms in total. The Balaban J connectivity index is 1.69. The molecule has 0 aliphatic rings. The number of anilines is 2. The largest absolute Gasteiger partial charge is 0.307 e. The highest BCUT2D eigenvalue weighted by Gasteiger charge is 2.09. The zero-order valence-corrected chi connectivity index (χ0v) is 12.6. The summed E-state index contributed by atoms with van der Waals surface area (Å²) in [7, 11) is 0. The van der Waals surface area contributed by atoms with Crippen molar-refractivity contribution in [1.82, 2.24) is 29.5 Å². The molecule has 0 amide bonds. The SMILES string of the molecule is c1ccc(-c2nccn2-c2ccnc(Nc3cnccn3)n2)cc1. The van der Waals surface area contributed by atoms with Gasteiger partial charge in [0.1, 0.15) is 11.6 Å². The van der Waals surface area contributed by atoms with E-state index in [1.807, 2.05) is 47.2 Å². The van der Waals surface area contributed by atoms with Gasteiger partial charge in [0.15, 0.2) is 5.82 Å². The highest BCUT2D eigenvalue weighted by molar-refractivity contribution is 5.58. The van der Waals surface area contributed by atoms with Crippen molar-refractivity contribution >= 4 is 11.8 Å². The number of rotatable bonds is 4. The lowest BCUT2D eigenvalue weighted by Crippen LogP contribution is -2.04. The average molecular weight is 315 g/mol. The molecule has 0 saturated carbocycles. The second kappa shape index (κ2) is 6.25. The zero-order valence-electron chi connectivity index (χ0n) is 12.6. The molecular weight excluding hydrogens is 302 g/mol. The van der Waals surface area contributed by atoms with E-state index in [1.165, 1.54) is 0 Å². The Kier molecular flexibility index (Phi) is 3.65. The molecule has 3 heterocycles. The lowest BCUT2D eigenvalue weighted by atomic mass is 10.2. The molecule has 0 unspecified atom stereocenters. The summed E-state index contributed by atoms with van der Waals surface area (Å²) in [6.07, 6.45) is 10.1. The normalized spacial score (nSPS) is 10.5. The van der Waals surface area contributed by atoms with Crippen LogP contribution in [-0.2, 0) is 0 Å². The molecule has 4 rings (SSSR count). The monoisotopic (exact) mass is 315 g/mol. The van der Waals surface area contributed by atoms with Gasteiger partial charge in [-0.1, -0.05) is 30.3 Å². The van der Waals surface area contributed by atoms with E-state index in [-0.39, 0.29) is 0 Å². The Morgan fingerprint density at radius 2 is 1.75 bits per heavy atom. The van der Waals surface area contributed by atoms with Gasteiger partial charge in [-0.2, -0.15) is 4.98 Å². The van der Waals surface area contributed by atoms with Crippen LogP contribution in [0.15, 0.2) is 73.6 Å². The van der Waals surface area contributed by atoms with Gasteiger partial charge in [0.05, 0.1) is 6.20 Å². The summed E-state index contributed by atoms with van der Waals surface area (Å²) in [6.45, 7) is 0. The molecule has 0 aliphatic carbocycles. The fourth-order valence-corrected chi connectivity index (χ4v) is 2.31. The summed E-state index contributed by atoms with van der Waals surface area (Å²) in [5.74, 6) is 2.57.